The van der Waals surface area contributed by atoms with Crippen molar-refractivity contribution in [2.24, 2.45) is 0 Å². The summed E-state index contributed by atoms with van der Waals surface area (Å²) in [6, 6.07) is 22.4. The van der Waals surface area contributed by atoms with Crippen LogP contribution in [0.5, 0.6) is 17.2 Å². The Labute approximate surface area is 625 Å². The molecule has 20 heteroatoms. The molecule has 0 fully saturated rings. The highest BCUT2D eigenvalue weighted by Crippen LogP contribution is 2.41. The number of hydrogen-bond donors (Lipinski definition) is 2. The largest absolute Gasteiger partial charge is 0.468 e. The van der Waals surface area contributed by atoms with Gasteiger partial charge >= 0.3 is 0 Å². The molecule has 9 rings (SSSR count). The van der Waals surface area contributed by atoms with Crippen molar-refractivity contribution < 1.29 is 56.8 Å². The Kier molecular flexibility index (Phi) is 38.6. The summed E-state index contributed by atoms with van der Waals surface area (Å²) in [5.41, 5.74) is 8.10. The van der Waals surface area contributed by atoms with Gasteiger partial charge in [-0.2, -0.15) is 0 Å². The Balaban J connectivity index is 1.08. The van der Waals surface area contributed by atoms with E-state index >= 15 is 0 Å². The van der Waals surface area contributed by atoms with Crippen LogP contribution in [0.2, 0.25) is 0 Å². The van der Waals surface area contributed by atoms with Crippen LogP contribution in [0, 0.1) is 0 Å². The molecule has 5 heterocycles. The fourth-order valence-electron chi connectivity index (χ4n) is 13.6. The van der Waals surface area contributed by atoms with Gasteiger partial charge in [-0.15, -0.1) is 0 Å². The van der Waals surface area contributed by atoms with Gasteiger partial charge in [-0.05, 0) is 124 Å². The van der Waals surface area contributed by atoms with Gasteiger partial charge in [-0.3, -0.25) is 0 Å². The summed E-state index contributed by atoms with van der Waals surface area (Å²) >= 11 is 0. The minimum Gasteiger partial charge on any atom is -0.468 e. The van der Waals surface area contributed by atoms with E-state index in [0.29, 0.717) is 162 Å². The zero-order valence-corrected chi connectivity index (χ0v) is 64.4. The standard InChI is InChI=1S/C85H124N8O12/c1-6-11-13-15-17-19-21-23-25-27-29-31-33-35-37-65-57-73-74(58-66(65)38-36-34-32-30-28-26-24-22-20-18-16-14-12-7-2)82-92-81(73)86-78-70-42-39-67(103-62-100-54-51-97-48-45-94-8-3)59-75(70)83(87-78)88-79-71-43-40-68(104-63-101-55-52-98-49-46-95-9-4)60-76(71)84(89-79)90-80-72-44-41-69(61-77(72)85(91-80)93-82)105-64-102-56-53-99-50-47-96-10-5/h39-44,57-61H,6-38,45-56,62-64H2,1-5H3,(H2,86,87,88,89,90,91,92,93). The highest BCUT2D eigenvalue weighted by molar-refractivity contribution is 6.07. The molecule has 0 unspecified atom stereocenters. The molecule has 0 spiro atoms. The van der Waals surface area contributed by atoms with E-state index in [4.69, 9.17) is 86.7 Å². The monoisotopic (exact) mass is 1450 g/mol. The van der Waals surface area contributed by atoms with Crippen molar-refractivity contribution in [3.8, 4) is 62.8 Å². The van der Waals surface area contributed by atoms with E-state index < -0.39 is 0 Å². The molecule has 576 valence electrons. The number of unbranched alkanes of at least 4 members (excludes halogenated alkanes) is 26. The molecule has 4 aromatic carbocycles. The lowest BCUT2D eigenvalue weighted by Gasteiger charge is -2.11. The second kappa shape index (κ2) is 49.3. The molecule has 8 bridgehead atoms. The minimum atomic E-state index is 0.0102. The molecule has 0 aliphatic carbocycles. The van der Waals surface area contributed by atoms with Crippen LogP contribution in [-0.2, 0) is 55.5 Å². The lowest BCUT2D eigenvalue weighted by molar-refractivity contribution is -0.0259. The maximum Gasteiger partial charge on any atom is 0.189 e. The van der Waals surface area contributed by atoms with Crippen molar-refractivity contribution in [3.05, 3.63) is 77.9 Å². The van der Waals surface area contributed by atoms with E-state index in [1.807, 2.05) is 75.4 Å². The van der Waals surface area contributed by atoms with Gasteiger partial charge in [0.2, 0.25) is 0 Å². The van der Waals surface area contributed by atoms with Crippen LogP contribution in [-0.4, -0.2) is 159 Å². The molecule has 0 saturated heterocycles. The van der Waals surface area contributed by atoms with Crippen LogP contribution in [0.1, 0.15) is 226 Å². The fraction of sp³-hybridized carbons (Fsp3) is 0.624. The fourth-order valence-corrected chi connectivity index (χ4v) is 13.6. The molecule has 0 atom stereocenters. The molecule has 2 N–H and O–H groups in total. The molecule has 105 heavy (non-hydrogen) atoms. The summed E-state index contributed by atoms with van der Waals surface area (Å²) in [5.74, 6) is 3.60. The maximum absolute atomic E-state index is 6.28. The molecule has 3 aromatic heterocycles. The first-order valence-electron chi connectivity index (χ1n) is 40.5. The van der Waals surface area contributed by atoms with Crippen LogP contribution >= 0.6 is 0 Å². The highest BCUT2D eigenvalue weighted by Gasteiger charge is 2.25. The number of benzene rings is 4. The molecule has 2 aliphatic heterocycles. The van der Waals surface area contributed by atoms with Gasteiger partial charge in [0.25, 0.3) is 0 Å². The summed E-state index contributed by atoms with van der Waals surface area (Å²) < 4.78 is 69.7. The van der Waals surface area contributed by atoms with Crippen LogP contribution in [0.4, 0.5) is 0 Å². The summed E-state index contributed by atoms with van der Waals surface area (Å²) in [5, 5.41) is 3.45. The first-order valence-corrected chi connectivity index (χ1v) is 40.5. The van der Waals surface area contributed by atoms with Gasteiger partial charge in [-0.25, -0.2) is 29.9 Å². The highest BCUT2D eigenvalue weighted by atomic mass is 16.7. The number of aromatic amines is 2. The SMILES string of the molecule is CCCCCCCCCCCCCCCCc1cc2c3nc4nc(nc5[nH]c(nc6nc(nc([nH]3)c2cc1CCCCCCCCCCCCCCCC)-c1cc(OCOCCOCCOCC)ccc1-6)c1cc(OCOCCOCCOCC)ccc51)-c1cc(OCOCCOCCOCC)ccc1-4. The second-order valence-corrected chi connectivity index (χ2v) is 27.5. The number of rotatable bonds is 60. The molecule has 0 radical (unpaired) electrons. The Morgan fingerprint density at radius 1 is 0.248 bits per heavy atom. The number of aryl methyl sites for hydroxylation is 2. The molecular formula is C85H124N8O12. The van der Waals surface area contributed by atoms with Crippen molar-refractivity contribution in [2.75, 3.05) is 119 Å². The Morgan fingerprint density at radius 3 is 0.867 bits per heavy atom. The van der Waals surface area contributed by atoms with Gasteiger partial charge in [0.15, 0.2) is 43.7 Å². The summed E-state index contributed by atoms with van der Waals surface area (Å²) in [7, 11) is 0. The first-order chi connectivity index (χ1) is 52.0. The van der Waals surface area contributed by atoms with Gasteiger partial charge in [-0.1, -0.05) is 181 Å². The van der Waals surface area contributed by atoms with E-state index in [0.717, 1.165) is 69.5 Å². The quantitative estimate of drug-likeness (QED) is 0.0267. The van der Waals surface area contributed by atoms with E-state index in [9.17, 15) is 0 Å². The third kappa shape index (κ3) is 28.1. The Bertz CT molecular complexity index is 3770. The van der Waals surface area contributed by atoms with Crippen LogP contribution in [0.3, 0.4) is 0 Å². The molecule has 2 aliphatic rings. The predicted octanol–water partition coefficient (Wildman–Crippen LogP) is 20.1. The van der Waals surface area contributed by atoms with E-state index in [1.54, 1.807) is 0 Å². The van der Waals surface area contributed by atoms with Gasteiger partial charge in [0.1, 0.15) is 39.8 Å². The summed E-state index contributed by atoms with van der Waals surface area (Å²) in [4.78, 5) is 39.9. The van der Waals surface area contributed by atoms with Crippen LogP contribution in [0.15, 0.2) is 66.7 Å². The Morgan fingerprint density at radius 2 is 0.524 bits per heavy atom. The number of nitrogens with one attached hydrogen (secondary N) is 2. The number of hydrogen-bond acceptors (Lipinski definition) is 18. The van der Waals surface area contributed by atoms with E-state index in [2.05, 4.69) is 35.9 Å². The van der Waals surface area contributed by atoms with Gasteiger partial charge < -0.3 is 66.8 Å². The van der Waals surface area contributed by atoms with Gasteiger partial charge in [0.05, 0.1) is 79.3 Å². The topological polar surface area (TPSA) is 220 Å². The molecule has 20 nitrogen and oxygen atoms in total. The number of ether oxygens (including phenoxy) is 12. The number of H-pyrrole nitrogens is 2. The summed E-state index contributed by atoms with van der Waals surface area (Å²) in [6.07, 6.45) is 39.0. The van der Waals surface area contributed by atoms with Gasteiger partial charge in [0, 0.05) is 63.6 Å². The van der Waals surface area contributed by atoms with Crippen molar-refractivity contribution in [3.63, 3.8) is 0 Å². The lowest BCUT2D eigenvalue weighted by Crippen LogP contribution is -2.11. The van der Waals surface area contributed by atoms with Crippen molar-refractivity contribution in [1.29, 1.82) is 0 Å². The summed E-state index contributed by atoms with van der Waals surface area (Å²) in [6.45, 7) is 17.9. The third-order valence-corrected chi connectivity index (χ3v) is 19.4. The van der Waals surface area contributed by atoms with Crippen molar-refractivity contribution in [1.82, 2.24) is 39.9 Å². The number of aromatic nitrogens is 8. The van der Waals surface area contributed by atoms with Crippen LogP contribution < -0.4 is 14.2 Å². The molecule has 0 saturated carbocycles. The first kappa shape index (κ1) is 82.3. The van der Waals surface area contributed by atoms with Crippen molar-refractivity contribution >= 4 is 44.1 Å². The zero-order valence-electron chi connectivity index (χ0n) is 64.4. The molecular weight excluding hydrogens is 1320 g/mol. The Hall–Kier alpha value is -6.72. The smallest absolute Gasteiger partial charge is 0.189 e. The zero-order chi connectivity index (χ0) is 73.0. The third-order valence-electron chi connectivity index (χ3n) is 19.4. The molecule has 0 amide bonds. The average Bonchev–Trinajstić information content (AvgIpc) is 1.60. The normalized spacial score (nSPS) is 11.9. The minimum absolute atomic E-state index is 0.0102. The second-order valence-electron chi connectivity index (χ2n) is 27.5. The average molecular weight is 1450 g/mol. The number of fused-ring (bicyclic) bond motifs is 20. The van der Waals surface area contributed by atoms with Crippen LogP contribution in [0.25, 0.3) is 89.7 Å². The lowest BCUT2D eigenvalue weighted by atomic mass is 9.94. The molecule has 7 aromatic rings. The number of nitrogens with zero attached hydrogens (tertiary/aromatic N) is 6. The predicted molar refractivity (Wildman–Crippen MR) is 420 cm³/mol. The maximum atomic E-state index is 6.28. The van der Waals surface area contributed by atoms with E-state index in [1.165, 1.54) is 178 Å². The van der Waals surface area contributed by atoms with E-state index in [-0.39, 0.29) is 20.4 Å². The van der Waals surface area contributed by atoms with Crippen molar-refractivity contribution in [2.45, 2.75) is 227 Å².